The number of carbonyl (C=O) groups is 1. The molecule has 1 heterocycles. The summed E-state index contributed by atoms with van der Waals surface area (Å²) in [5, 5.41) is 0. The van der Waals surface area contributed by atoms with Crippen LogP contribution in [0.3, 0.4) is 0 Å². The molecule has 0 saturated heterocycles. The molecule has 0 spiro atoms. The molecule has 0 unspecified atom stereocenters. The van der Waals surface area contributed by atoms with Gasteiger partial charge in [-0.1, -0.05) is 0 Å². The number of amides is 1. The van der Waals surface area contributed by atoms with Crippen molar-refractivity contribution in [3.8, 4) is 0 Å². The van der Waals surface area contributed by atoms with Gasteiger partial charge in [0.25, 0.3) is 0 Å². The molecule has 0 saturated carbocycles. The Hall–Kier alpha value is -1.85. The van der Waals surface area contributed by atoms with Crippen LogP contribution in [-0.2, 0) is 4.79 Å². The highest BCUT2D eigenvalue weighted by molar-refractivity contribution is 5.79. The van der Waals surface area contributed by atoms with Crippen molar-refractivity contribution in [3.05, 3.63) is 11.9 Å². The first kappa shape index (κ1) is 10.2. The standard InChI is InChI=1S/C8H13N5O/c1-5-11-6(9)3-8(12-5)13(2)4-7(10)14/h3H,4H2,1-2H3,(H2,10,14)(H2,9,11,12). The summed E-state index contributed by atoms with van der Waals surface area (Å²) in [6.07, 6.45) is 0. The van der Waals surface area contributed by atoms with Gasteiger partial charge in [-0.25, -0.2) is 9.97 Å². The van der Waals surface area contributed by atoms with Gasteiger partial charge in [0.2, 0.25) is 5.91 Å². The number of aryl methyl sites for hydroxylation is 1. The third-order valence-electron chi connectivity index (χ3n) is 1.63. The summed E-state index contributed by atoms with van der Waals surface area (Å²) in [7, 11) is 1.71. The second-order valence-electron chi connectivity index (χ2n) is 3.02. The van der Waals surface area contributed by atoms with Gasteiger partial charge in [0.15, 0.2) is 0 Å². The zero-order valence-electron chi connectivity index (χ0n) is 8.19. The van der Waals surface area contributed by atoms with Crippen LogP contribution < -0.4 is 16.4 Å². The van der Waals surface area contributed by atoms with Crippen LogP contribution in [0.25, 0.3) is 0 Å². The molecule has 0 aliphatic carbocycles. The van der Waals surface area contributed by atoms with Crippen LogP contribution in [0, 0.1) is 6.92 Å². The van der Waals surface area contributed by atoms with E-state index in [0.717, 1.165) is 0 Å². The molecule has 6 nitrogen and oxygen atoms in total. The van der Waals surface area contributed by atoms with Crippen molar-refractivity contribution in [1.82, 2.24) is 9.97 Å². The Morgan fingerprint density at radius 1 is 1.57 bits per heavy atom. The lowest BCUT2D eigenvalue weighted by molar-refractivity contribution is -0.116. The minimum absolute atomic E-state index is 0.107. The number of likely N-dealkylation sites (N-methyl/N-ethyl adjacent to an activating group) is 1. The van der Waals surface area contributed by atoms with E-state index < -0.39 is 5.91 Å². The molecule has 76 valence electrons. The van der Waals surface area contributed by atoms with E-state index >= 15 is 0 Å². The lowest BCUT2D eigenvalue weighted by Gasteiger charge is -2.16. The van der Waals surface area contributed by atoms with Crippen LogP contribution in [0.4, 0.5) is 11.6 Å². The van der Waals surface area contributed by atoms with Crippen LogP contribution >= 0.6 is 0 Å². The van der Waals surface area contributed by atoms with E-state index in [2.05, 4.69) is 9.97 Å². The van der Waals surface area contributed by atoms with Crippen molar-refractivity contribution in [3.63, 3.8) is 0 Å². The number of nitrogens with two attached hydrogens (primary N) is 2. The molecule has 0 atom stereocenters. The highest BCUT2D eigenvalue weighted by Crippen LogP contribution is 2.11. The third kappa shape index (κ3) is 2.58. The van der Waals surface area contributed by atoms with Gasteiger partial charge in [-0.15, -0.1) is 0 Å². The summed E-state index contributed by atoms with van der Waals surface area (Å²) in [5.41, 5.74) is 10.6. The molecule has 0 radical (unpaired) electrons. The number of primary amides is 1. The average Bonchev–Trinajstić information content (AvgIpc) is 2.00. The molecule has 0 aromatic carbocycles. The Labute approximate surface area is 81.9 Å². The minimum atomic E-state index is -0.415. The molecule has 4 N–H and O–H groups in total. The zero-order chi connectivity index (χ0) is 10.7. The first-order valence-electron chi connectivity index (χ1n) is 4.09. The monoisotopic (exact) mass is 195 g/mol. The van der Waals surface area contributed by atoms with Crippen molar-refractivity contribution >= 4 is 17.5 Å². The quantitative estimate of drug-likeness (QED) is 0.663. The van der Waals surface area contributed by atoms with E-state index in [4.69, 9.17) is 11.5 Å². The van der Waals surface area contributed by atoms with Crippen LogP contribution in [0.15, 0.2) is 6.07 Å². The molecule has 0 aliphatic rings. The number of hydrogen-bond acceptors (Lipinski definition) is 5. The minimum Gasteiger partial charge on any atom is -0.384 e. The maximum atomic E-state index is 10.7. The fraction of sp³-hybridized carbons (Fsp3) is 0.375. The summed E-state index contributed by atoms with van der Waals surface area (Å²) >= 11 is 0. The van der Waals surface area contributed by atoms with Crippen LogP contribution in [-0.4, -0.2) is 29.5 Å². The van der Waals surface area contributed by atoms with Gasteiger partial charge in [-0.2, -0.15) is 0 Å². The van der Waals surface area contributed by atoms with E-state index in [9.17, 15) is 4.79 Å². The third-order valence-corrected chi connectivity index (χ3v) is 1.63. The predicted octanol–water partition coefficient (Wildman–Crippen LogP) is -0.711. The van der Waals surface area contributed by atoms with Gasteiger partial charge in [0.1, 0.15) is 17.5 Å². The summed E-state index contributed by atoms with van der Waals surface area (Å²) in [4.78, 5) is 20.3. The molecule has 1 aromatic heterocycles. The fourth-order valence-electron chi connectivity index (χ4n) is 1.08. The summed E-state index contributed by atoms with van der Waals surface area (Å²) < 4.78 is 0. The van der Waals surface area contributed by atoms with Gasteiger partial charge >= 0.3 is 0 Å². The normalized spacial score (nSPS) is 9.86. The molecule has 0 bridgehead atoms. The molecule has 0 aliphatic heterocycles. The smallest absolute Gasteiger partial charge is 0.236 e. The van der Waals surface area contributed by atoms with E-state index in [1.807, 2.05) is 0 Å². The first-order valence-corrected chi connectivity index (χ1v) is 4.09. The molecular weight excluding hydrogens is 182 g/mol. The van der Waals surface area contributed by atoms with Crippen molar-refractivity contribution in [2.24, 2.45) is 5.73 Å². The Morgan fingerprint density at radius 3 is 2.71 bits per heavy atom. The van der Waals surface area contributed by atoms with Gasteiger partial charge in [0.05, 0.1) is 6.54 Å². The number of nitrogen functional groups attached to an aromatic ring is 1. The van der Waals surface area contributed by atoms with E-state index in [1.165, 1.54) is 0 Å². The molecular formula is C8H13N5O. The highest BCUT2D eigenvalue weighted by atomic mass is 16.1. The number of hydrogen-bond donors (Lipinski definition) is 2. The van der Waals surface area contributed by atoms with Crippen LogP contribution in [0.2, 0.25) is 0 Å². The van der Waals surface area contributed by atoms with Crippen molar-refractivity contribution < 1.29 is 4.79 Å². The van der Waals surface area contributed by atoms with Gasteiger partial charge < -0.3 is 16.4 Å². The number of nitrogens with zero attached hydrogens (tertiary/aromatic N) is 3. The SMILES string of the molecule is Cc1nc(N)cc(N(C)CC(N)=O)n1. The summed E-state index contributed by atoms with van der Waals surface area (Å²) in [6.45, 7) is 1.84. The maximum absolute atomic E-state index is 10.7. The van der Waals surface area contributed by atoms with E-state index in [-0.39, 0.29) is 6.54 Å². The van der Waals surface area contributed by atoms with E-state index in [1.54, 1.807) is 24.9 Å². The molecule has 1 rings (SSSR count). The topological polar surface area (TPSA) is 98.1 Å². The molecule has 1 aromatic rings. The number of carbonyl (C=O) groups excluding carboxylic acids is 1. The number of rotatable bonds is 3. The number of aromatic nitrogens is 2. The van der Waals surface area contributed by atoms with Crippen molar-refractivity contribution in [1.29, 1.82) is 0 Å². The Bertz CT molecular complexity index is 331. The van der Waals surface area contributed by atoms with Gasteiger partial charge in [-0.05, 0) is 6.92 Å². The summed E-state index contributed by atoms with van der Waals surface area (Å²) in [5.74, 6) is 1.12. The molecule has 0 fully saturated rings. The summed E-state index contributed by atoms with van der Waals surface area (Å²) in [6, 6.07) is 1.59. The van der Waals surface area contributed by atoms with Gasteiger partial charge in [0, 0.05) is 13.1 Å². The molecule has 1 amide bonds. The lowest BCUT2D eigenvalue weighted by atomic mass is 10.4. The Kier molecular flexibility index (Phi) is 2.85. The Balaban J connectivity index is 2.89. The number of anilines is 2. The second kappa shape index (κ2) is 3.91. The highest BCUT2D eigenvalue weighted by Gasteiger charge is 2.07. The molecule has 14 heavy (non-hydrogen) atoms. The fourth-order valence-corrected chi connectivity index (χ4v) is 1.08. The lowest BCUT2D eigenvalue weighted by Crippen LogP contribution is -2.31. The van der Waals surface area contributed by atoms with Crippen molar-refractivity contribution in [2.45, 2.75) is 6.92 Å². The average molecular weight is 195 g/mol. The zero-order valence-corrected chi connectivity index (χ0v) is 8.19. The first-order chi connectivity index (χ1) is 6.49. The largest absolute Gasteiger partial charge is 0.384 e. The van der Waals surface area contributed by atoms with Crippen LogP contribution in [0.5, 0.6) is 0 Å². The predicted molar refractivity (Wildman–Crippen MR) is 53.6 cm³/mol. The second-order valence-corrected chi connectivity index (χ2v) is 3.02. The maximum Gasteiger partial charge on any atom is 0.236 e. The van der Waals surface area contributed by atoms with Crippen LogP contribution in [0.1, 0.15) is 5.82 Å². The van der Waals surface area contributed by atoms with E-state index in [0.29, 0.717) is 17.5 Å². The Morgan fingerprint density at radius 2 is 2.21 bits per heavy atom. The van der Waals surface area contributed by atoms with Crippen molar-refractivity contribution in [2.75, 3.05) is 24.2 Å². The molecule has 6 heteroatoms. The van der Waals surface area contributed by atoms with Gasteiger partial charge in [-0.3, -0.25) is 4.79 Å².